The Labute approximate surface area is 421 Å². The van der Waals surface area contributed by atoms with Gasteiger partial charge in [0.2, 0.25) is 0 Å². The Morgan fingerprint density at radius 1 is 0.485 bits per heavy atom. The molecule has 0 bridgehead atoms. The van der Waals surface area contributed by atoms with Gasteiger partial charge in [-0.15, -0.1) is 0 Å². The van der Waals surface area contributed by atoms with E-state index in [9.17, 15) is 0 Å². The van der Waals surface area contributed by atoms with E-state index in [1.165, 1.54) is 44.1 Å². The summed E-state index contributed by atoms with van der Waals surface area (Å²) in [6.45, 7) is 27.6. The Hall–Kier alpha value is -5.78. The summed E-state index contributed by atoms with van der Waals surface area (Å²) in [6.07, 6.45) is 8.12. The van der Waals surface area contributed by atoms with Gasteiger partial charge in [-0.25, -0.2) is 0 Å². The van der Waals surface area contributed by atoms with Gasteiger partial charge >= 0.3 is 0 Å². The average Bonchev–Trinajstić information content (AvgIpc) is 3.68. The normalized spacial score (nSPS) is 11.8. The number of pyridine rings is 3. The van der Waals surface area contributed by atoms with Gasteiger partial charge in [0.1, 0.15) is 11.2 Å². The van der Waals surface area contributed by atoms with Gasteiger partial charge in [-0.05, 0) is 105 Å². The molecule has 0 atom stereocenters. The van der Waals surface area contributed by atoms with Crippen molar-refractivity contribution in [3.63, 3.8) is 0 Å². The van der Waals surface area contributed by atoms with E-state index in [1.807, 2.05) is 42.7 Å². The van der Waals surface area contributed by atoms with Gasteiger partial charge in [0.15, 0.2) is 0 Å². The topological polar surface area (TPSA) is 51.8 Å². The molecule has 4 nitrogen and oxygen atoms in total. The van der Waals surface area contributed by atoms with Gasteiger partial charge < -0.3 is 4.42 Å². The average molecular weight is 1090 g/mol. The van der Waals surface area contributed by atoms with Crippen LogP contribution in [0.1, 0.15) is 79.0 Å². The van der Waals surface area contributed by atoms with Gasteiger partial charge in [0, 0.05) is 66.2 Å². The predicted molar refractivity (Wildman–Crippen MR) is 290 cm³/mol. The number of rotatable bonds is 7. The third kappa shape index (κ3) is 13.5. The number of furan rings is 1. The molecule has 9 rings (SSSR count). The summed E-state index contributed by atoms with van der Waals surface area (Å²) in [5, 5.41) is 3.78. The van der Waals surface area contributed by atoms with Gasteiger partial charge in [0.25, 0.3) is 0 Å². The third-order valence-electron chi connectivity index (χ3n) is 11.7. The summed E-state index contributed by atoms with van der Waals surface area (Å²) in [5.41, 5.74) is 15.5. The number of hydrogen-bond acceptors (Lipinski definition) is 4. The first kappa shape index (κ1) is 51.6. The van der Waals surface area contributed by atoms with Crippen molar-refractivity contribution in [2.24, 2.45) is 10.8 Å². The van der Waals surface area contributed by atoms with E-state index in [-0.39, 0.29) is 25.5 Å². The molecule has 351 valence electrons. The van der Waals surface area contributed by atoms with Crippen molar-refractivity contribution in [1.29, 1.82) is 0 Å². The second-order valence-corrected chi connectivity index (χ2v) is 27.3. The van der Waals surface area contributed by atoms with Crippen LogP contribution in [0, 0.1) is 10.8 Å². The van der Waals surface area contributed by atoms with Crippen LogP contribution in [0.15, 0.2) is 181 Å². The fourth-order valence-corrected chi connectivity index (χ4v) is 10.1. The van der Waals surface area contributed by atoms with E-state index in [2.05, 4.69) is 226 Å². The molecular weight excluding hydrogens is 1020 g/mol. The molecule has 0 saturated carbocycles. The molecule has 0 amide bonds. The van der Waals surface area contributed by atoms with Crippen molar-refractivity contribution in [2.75, 3.05) is 0 Å². The van der Waals surface area contributed by atoms with Crippen molar-refractivity contribution < 1.29 is 24.5 Å². The minimum absolute atomic E-state index is 0. The van der Waals surface area contributed by atoms with Gasteiger partial charge in [0.05, 0.1) is 25.2 Å². The van der Waals surface area contributed by atoms with Crippen molar-refractivity contribution >= 4 is 35.2 Å². The van der Waals surface area contributed by atoms with Crippen LogP contribution in [-0.2, 0) is 38.4 Å². The maximum Gasteiger partial charge on any atom is 0.144 e. The van der Waals surface area contributed by atoms with E-state index in [0.29, 0.717) is 10.8 Å². The first-order chi connectivity index (χ1) is 31.7. The summed E-state index contributed by atoms with van der Waals surface area (Å²) in [7, 11) is -1.36. The molecule has 4 aromatic heterocycles. The molecule has 0 saturated heterocycles. The predicted octanol–water partition coefficient (Wildman–Crippen LogP) is 16.8. The molecule has 6 heteroatoms. The molecular formula is C62H69IrN3OSi. The maximum absolute atomic E-state index is 6.39. The van der Waals surface area contributed by atoms with Crippen molar-refractivity contribution in [1.82, 2.24) is 15.0 Å². The Bertz CT molecular complexity index is 3040. The molecule has 1 radical (unpaired) electrons. The quantitative estimate of drug-likeness (QED) is 0.149. The fourth-order valence-electron chi connectivity index (χ4n) is 8.57. The van der Waals surface area contributed by atoms with Crippen LogP contribution in [-0.4, -0.2) is 23.0 Å². The number of nitrogens with zero attached hydrogens (tertiary/aromatic N) is 3. The standard InChI is InChI=1S/C27H23NO.C19H27NSi.C16H19N.Ir/c1-27(2,3)19-15-16-28-23(17-19)21-12-7-13-22-25-20(18-9-5-4-6-10-18)11-8-14-24(25)29-26(21)22;1-19(2,3)13-16-12-17(15-10-8-7-9-11-15)20-14-18(16)21(4,5)6;1-16(2,3)12-13-9-10-17-15(11-13)14-7-5-4-6-8-14;/h4-17H,1-3H3;7-12,14H,13H2,1-6H3;4-11H,12H2,1-3H3;. The Balaban J connectivity index is 0.000000174. The zero-order valence-corrected chi connectivity index (χ0v) is 45.6. The van der Waals surface area contributed by atoms with Crippen LogP contribution in [0.5, 0.6) is 0 Å². The zero-order valence-electron chi connectivity index (χ0n) is 42.2. The fraction of sp³-hybridized carbons (Fsp3) is 0.274. The van der Waals surface area contributed by atoms with Crippen molar-refractivity contribution in [2.45, 2.75) is 100 Å². The number of aromatic nitrogens is 3. The molecule has 9 aromatic rings. The molecule has 0 aliphatic rings. The molecule has 0 aliphatic carbocycles. The Kier molecular flexibility index (Phi) is 16.4. The molecule has 4 heterocycles. The summed E-state index contributed by atoms with van der Waals surface area (Å²) < 4.78 is 6.39. The van der Waals surface area contributed by atoms with Gasteiger partial charge in [-0.3, -0.25) is 15.0 Å². The smallest absolute Gasteiger partial charge is 0.144 e. The second kappa shape index (κ2) is 21.7. The maximum atomic E-state index is 6.39. The van der Waals surface area contributed by atoms with Gasteiger partial charge in [-0.2, -0.15) is 0 Å². The van der Waals surface area contributed by atoms with Crippen LogP contribution in [0.2, 0.25) is 19.6 Å². The monoisotopic (exact) mass is 1090 g/mol. The van der Waals surface area contributed by atoms with E-state index < -0.39 is 8.07 Å². The molecule has 0 aliphatic heterocycles. The van der Waals surface area contributed by atoms with Crippen LogP contribution in [0.3, 0.4) is 0 Å². The van der Waals surface area contributed by atoms with Crippen LogP contribution >= 0.6 is 0 Å². The minimum atomic E-state index is -1.36. The number of benzene rings is 5. The summed E-state index contributed by atoms with van der Waals surface area (Å²) >= 11 is 0. The summed E-state index contributed by atoms with van der Waals surface area (Å²) in [6, 6.07) is 54.8. The first-order valence-electron chi connectivity index (χ1n) is 23.8. The minimum Gasteiger partial charge on any atom is -0.455 e. The molecule has 5 aromatic carbocycles. The van der Waals surface area contributed by atoms with Gasteiger partial charge in [-0.1, -0.05) is 197 Å². The van der Waals surface area contributed by atoms with Crippen molar-refractivity contribution in [3.05, 3.63) is 193 Å². The van der Waals surface area contributed by atoms with Crippen LogP contribution < -0.4 is 5.19 Å². The van der Waals surface area contributed by atoms with Crippen LogP contribution in [0.25, 0.3) is 66.8 Å². The second-order valence-electron chi connectivity index (χ2n) is 22.2. The van der Waals surface area contributed by atoms with E-state index >= 15 is 0 Å². The van der Waals surface area contributed by atoms with E-state index in [0.717, 1.165) is 57.4 Å². The SMILES string of the molecule is CC(C)(C)Cc1cc(-c2ccccc2)ncc1[Si](C)(C)C.CC(C)(C)Cc1ccnc(-c2ccccc2)c1.CC(C)(C)c1ccnc(-c2cccc3c2oc2cccc(-c4ccccc4)c23)c1.[Ir]. The zero-order chi connectivity index (χ0) is 48.0. The van der Waals surface area contributed by atoms with Crippen molar-refractivity contribution in [3.8, 4) is 44.9 Å². The number of para-hydroxylation sites is 1. The number of hydrogen-bond donors (Lipinski definition) is 0. The Morgan fingerprint density at radius 2 is 1.01 bits per heavy atom. The molecule has 0 unspecified atom stereocenters. The summed E-state index contributed by atoms with van der Waals surface area (Å²) in [5.74, 6) is 0. The third-order valence-corrected chi connectivity index (χ3v) is 13.8. The Morgan fingerprint density at radius 3 is 1.59 bits per heavy atom. The largest absolute Gasteiger partial charge is 0.455 e. The first-order valence-corrected chi connectivity index (χ1v) is 27.3. The number of fused-ring (bicyclic) bond motifs is 3. The van der Waals surface area contributed by atoms with Crippen LogP contribution in [0.4, 0.5) is 0 Å². The molecule has 0 fully saturated rings. The molecule has 0 spiro atoms. The molecule has 68 heavy (non-hydrogen) atoms. The van der Waals surface area contributed by atoms with E-state index in [1.54, 1.807) is 0 Å². The van der Waals surface area contributed by atoms with E-state index in [4.69, 9.17) is 9.40 Å². The molecule has 0 N–H and O–H groups in total. The summed E-state index contributed by atoms with van der Waals surface area (Å²) in [4.78, 5) is 13.8.